The third-order valence-electron chi connectivity index (χ3n) is 7.68. The van der Waals surface area contributed by atoms with E-state index in [4.69, 9.17) is 4.74 Å². The monoisotopic (exact) mass is 520 g/mol. The number of hydrogen-bond donors (Lipinski definition) is 0. The van der Waals surface area contributed by atoms with Crippen LogP contribution in [0.3, 0.4) is 0 Å². The van der Waals surface area contributed by atoms with Crippen molar-refractivity contribution in [2.45, 2.75) is 77.7 Å². The lowest BCUT2D eigenvalue weighted by atomic mass is 9.90. The fourth-order valence-electron chi connectivity index (χ4n) is 5.34. The molecule has 1 aliphatic heterocycles. The maximum absolute atomic E-state index is 15.1. The molecule has 3 aromatic rings. The van der Waals surface area contributed by atoms with Gasteiger partial charge >= 0.3 is 0 Å². The summed E-state index contributed by atoms with van der Waals surface area (Å²) in [5, 5.41) is 0. The lowest BCUT2D eigenvalue weighted by molar-refractivity contribution is -0.0191. The molecule has 1 aliphatic rings. The molecule has 0 radical (unpaired) electrons. The van der Waals surface area contributed by atoms with Gasteiger partial charge in [-0.05, 0) is 79.7 Å². The molecule has 1 heterocycles. The van der Waals surface area contributed by atoms with E-state index in [0.717, 1.165) is 56.9 Å². The Kier molecular flexibility index (Phi) is 10.2. The van der Waals surface area contributed by atoms with Crippen LogP contribution >= 0.6 is 0 Å². The molecule has 1 nitrogen and oxygen atoms in total. The van der Waals surface area contributed by atoms with Crippen molar-refractivity contribution in [2.75, 3.05) is 6.61 Å². The molecule has 4 heteroatoms. The molecule has 0 aromatic heterocycles. The van der Waals surface area contributed by atoms with Crippen molar-refractivity contribution in [2.24, 2.45) is 5.92 Å². The van der Waals surface area contributed by atoms with Gasteiger partial charge in [-0.25, -0.2) is 13.2 Å². The fourth-order valence-corrected chi connectivity index (χ4v) is 5.34. The second-order valence-corrected chi connectivity index (χ2v) is 10.4. The standard InChI is InChI=1S/C34H39F3O/c1-3-5-7-9-11-27-17-20-30(34(37)33(27)36)26-15-13-25(14-16-26)29-19-18-28(22-31(29)35)32-21-12-24(23-38-32)10-8-6-4-2/h4,6,13-20,22,24,32H,3,5,7-12,21,23H2,1-2H3. The number of allylic oxidation sites excluding steroid dienone is 2. The van der Waals surface area contributed by atoms with Gasteiger partial charge in [0.25, 0.3) is 0 Å². The summed E-state index contributed by atoms with van der Waals surface area (Å²) >= 11 is 0. The second-order valence-electron chi connectivity index (χ2n) is 10.4. The molecule has 2 atom stereocenters. The first-order valence-electron chi connectivity index (χ1n) is 14.1. The number of halogens is 3. The lowest BCUT2D eigenvalue weighted by Crippen LogP contribution is -2.20. The van der Waals surface area contributed by atoms with E-state index < -0.39 is 11.6 Å². The highest BCUT2D eigenvalue weighted by Crippen LogP contribution is 2.35. The molecule has 2 unspecified atom stereocenters. The van der Waals surface area contributed by atoms with Gasteiger partial charge in [-0.2, -0.15) is 0 Å². The molecule has 202 valence electrons. The highest BCUT2D eigenvalue weighted by Gasteiger charge is 2.23. The molecule has 3 aromatic carbocycles. The smallest absolute Gasteiger partial charge is 0.166 e. The Labute approximate surface area is 225 Å². The van der Waals surface area contributed by atoms with Gasteiger partial charge in [0.1, 0.15) is 5.82 Å². The number of rotatable bonds is 11. The summed E-state index contributed by atoms with van der Waals surface area (Å²) < 4.78 is 50.8. The van der Waals surface area contributed by atoms with E-state index in [2.05, 4.69) is 19.1 Å². The first kappa shape index (κ1) is 28.2. The van der Waals surface area contributed by atoms with Crippen molar-refractivity contribution < 1.29 is 17.9 Å². The molecular formula is C34H39F3O. The van der Waals surface area contributed by atoms with Crippen LogP contribution in [0.2, 0.25) is 0 Å². The summed E-state index contributed by atoms with van der Waals surface area (Å²) in [7, 11) is 0. The van der Waals surface area contributed by atoms with Crippen LogP contribution in [0.1, 0.15) is 82.4 Å². The largest absolute Gasteiger partial charge is 0.373 e. The summed E-state index contributed by atoms with van der Waals surface area (Å²) in [6.45, 7) is 4.87. The minimum atomic E-state index is -0.821. The summed E-state index contributed by atoms with van der Waals surface area (Å²) in [4.78, 5) is 0. The summed E-state index contributed by atoms with van der Waals surface area (Å²) in [5.41, 5.74) is 3.25. The van der Waals surface area contributed by atoms with E-state index >= 15 is 4.39 Å². The molecule has 0 bridgehead atoms. The Bertz CT molecular complexity index is 1210. The van der Waals surface area contributed by atoms with E-state index in [0.29, 0.717) is 41.2 Å². The normalized spacial score (nSPS) is 17.8. The Morgan fingerprint density at radius 2 is 1.58 bits per heavy atom. The van der Waals surface area contributed by atoms with Crippen LogP contribution in [0, 0.1) is 23.4 Å². The highest BCUT2D eigenvalue weighted by molar-refractivity contribution is 5.71. The highest BCUT2D eigenvalue weighted by atomic mass is 19.2. The van der Waals surface area contributed by atoms with E-state index in [9.17, 15) is 8.78 Å². The Morgan fingerprint density at radius 1 is 0.842 bits per heavy atom. The second kappa shape index (κ2) is 13.8. The van der Waals surface area contributed by atoms with Crippen molar-refractivity contribution in [3.8, 4) is 22.3 Å². The number of ether oxygens (including phenoxy) is 1. The first-order valence-corrected chi connectivity index (χ1v) is 14.1. The molecule has 1 fully saturated rings. The van der Waals surface area contributed by atoms with Crippen LogP contribution < -0.4 is 0 Å². The van der Waals surface area contributed by atoms with E-state index in [1.807, 2.05) is 13.0 Å². The predicted molar refractivity (Wildman–Crippen MR) is 150 cm³/mol. The Balaban J connectivity index is 1.42. The van der Waals surface area contributed by atoms with Crippen LogP contribution in [-0.4, -0.2) is 6.61 Å². The summed E-state index contributed by atoms with van der Waals surface area (Å²) in [5.74, 6) is -1.33. The van der Waals surface area contributed by atoms with Gasteiger partial charge in [0.2, 0.25) is 0 Å². The van der Waals surface area contributed by atoms with Gasteiger partial charge in [-0.3, -0.25) is 0 Å². The minimum absolute atomic E-state index is 0.0774. The van der Waals surface area contributed by atoms with Gasteiger partial charge < -0.3 is 4.74 Å². The molecular weight excluding hydrogens is 481 g/mol. The van der Waals surface area contributed by atoms with Crippen molar-refractivity contribution in [1.82, 2.24) is 0 Å². The third-order valence-corrected chi connectivity index (χ3v) is 7.68. The number of hydrogen-bond acceptors (Lipinski definition) is 1. The molecule has 0 amide bonds. The maximum atomic E-state index is 15.1. The summed E-state index contributed by atoms with van der Waals surface area (Å²) in [6.07, 6.45) is 13.0. The third kappa shape index (κ3) is 6.96. The SMILES string of the molecule is CC=CCCC1CCC(c2ccc(-c3ccc(-c4ccc(CCCCCC)c(F)c4F)cc3)c(F)c2)OC1. The quantitative estimate of drug-likeness (QED) is 0.180. The molecule has 1 saturated heterocycles. The summed E-state index contributed by atoms with van der Waals surface area (Å²) in [6, 6.07) is 15.6. The van der Waals surface area contributed by atoms with Crippen molar-refractivity contribution in [1.29, 1.82) is 0 Å². The molecule has 0 saturated carbocycles. The molecule has 0 spiro atoms. The van der Waals surface area contributed by atoms with Gasteiger partial charge in [0, 0.05) is 11.1 Å². The van der Waals surface area contributed by atoms with E-state index in [1.54, 1.807) is 48.5 Å². The number of unbranched alkanes of at least 4 members (excludes halogenated alkanes) is 3. The van der Waals surface area contributed by atoms with Crippen LogP contribution in [0.15, 0.2) is 66.7 Å². The topological polar surface area (TPSA) is 9.23 Å². The van der Waals surface area contributed by atoms with Gasteiger partial charge in [-0.15, -0.1) is 0 Å². The molecule has 0 aliphatic carbocycles. The fraction of sp³-hybridized carbons (Fsp3) is 0.412. The van der Waals surface area contributed by atoms with Gasteiger partial charge in [0.05, 0.1) is 12.7 Å². The maximum Gasteiger partial charge on any atom is 0.166 e. The number of benzene rings is 3. The van der Waals surface area contributed by atoms with Crippen LogP contribution in [-0.2, 0) is 11.2 Å². The van der Waals surface area contributed by atoms with E-state index in [1.165, 1.54) is 0 Å². The van der Waals surface area contributed by atoms with Gasteiger partial charge in [0.15, 0.2) is 11.6 Å². The van der Waals surface area contributed by atoms with Crippen LogP contribution in [0.4, 0.5) is 13.2 Å². The van der Waals surface area contributed by atoms with Gasteiger partial charge in [-0.1, -0.05) is 86.9 Å². The minimum Gasteiger partial charge on any atom is -0.373 e. The van der Waals surface area contributed by atoms with Crippen LogP contribution in [0.25, 0.3) is 22.3 Å². The van der Waals surface area contributed by atoms with E-state index in [-0.39, 0.29) is 17.5 Å². The van der Waals surface area contributed by atoms with Crippen LogP contribution in [0.5, 0.6) is 0 Å². The predicted octanol–water partition coefficient (Wildman–Crippen LogP) is 10.4. The Hall–Kier alpha value is -2.85. The first-order chi connectivity index (χ1) is 18.5. The average Bonchev–Trinajstić information content (AvgIpc) is 2.94. The molecule has 4 rings (SSSR count). The Morgan fingerprint density at radius 3 is 2.24 bits per heavy atom. The van der Waals surface area contributed by atoms with Crippen molar-refractivity contribution in [3.63, 3.8) is 0 Å². The average molecular weight is 521 g/mol. The zero-order valence-electron chi connectivity index (χ0n) is 22.6. The zero-order chi connectivity index (χ0) is 26.9. The van der Waals surface area contributed by atoms with Crippen molar-refractivity contribution >= 4 is 0 Å². The lowest BCUT2D eigenvalue weighted by Gasteiger charge is -2.29. The zero-order valence-corrected chi connectivity index (χ0v) is 22.6. The van der Waals surface area contributed by atoms with Crippen molar-refractivity contribution in [3.05, 3.63) is 95.3 Å². The molecule has 0 N–H and O–H groups in total. The molecule has 38 heavy (non-hydrogen) atoms. The number of aryl methyl sites for hydroxylation is 1.